The van der Waals surface area contributed by atoms with Gasteiger partial charge in [0.05, 0.1) is 15.8 Å². The van der Waals surface area contributed by atoms with Crippen LogP contribution in [0.2, 0.25) is 0 Å². The molecule has 2 aromatic heterocycles. The summed E-state index contributed by atoms with van der Waals surface area (Å²) in [6.07, 6.45) is 2.84. The minimum absolute atomic E-state index is 0.0135. The maximum atomic E-state index is 12.9. The van der Waals surface area contributed by atoms with Gasteiger partial charge in [0.1, 0.15) is 6.26 Å². The van der Waals surface area contributed by atoms with E-state index in [9.17, 15) is 18.4 Å². The fourth-order valence-corrected chi connectivity index (χ4v) is 4.10. The van der Waals surface area contributed by atoms with Crippen molar-refractivity contribution in [3.8, 4) is 11.4 Å². The highest BCUT2D eigenvalue weighted by molar-refractivity contribution is 7.97. The van der Waals surface area contributed by atoms with Crippen molar-refractivity contribution in [3.05, 3.63) is 48.2 Å². The highest BCUT2D eigenvalue weighted by atomic mass is 32.3. The highest BCUT2D eigenvalue weighted by Crippen LogP contribution is 2.23. The third-order valence-corrected chi connectivity index (χ3v) is 6.33. The van der Waals surface area contributed by atoms with Crippen molar-refractivity contribution in [2.45, 2.75) is 11.8 Å². The van der Waals surface area contributed by atoms with Crippen LogP contribution < -0.4 is 0 Å². The molecular weight excluding hydrogens is 406 g/mol. The first-order chi connectivity index (χ1) is 14.2. The summed E-state index contributed by atoms with van der Waals surface area (Å²) in [5.74, 6) is 0.410. The molecule has 10 heteroatoms. The molecule has 1 fully saturated rings. The molecule has 1 unspecified atom stereocenters. The van der Waals surface area contributed by atoms with Crippen molar-refractivity contribution in [3.63, 3.8) is 0 Å². The Bertz CT molecular complexity index is 1160. The number of benzene rings is 1. The van der Waals surface area contributed by atoms with Crippen LogP contribution >= 0.6 is 0 Å². The summed E-state index contributed by atoms with van der Waals surface area (Å²) in [4.78, 5) is 28.1. The molecule has 2 amide bonds. The number of hydrogen-bond acceptors (Lipinski definition) is 6. The van der Waals surface area contributed by atoms with Gasteiger partial charge >= 0.3 is 0 Å². The lowest BCUT2D eigenvalue weighted by molar-refractivity contribution is -0.130. The number of pyridine rings is 1. The van der Waals surface area contributed by atoms with Crippen molar-refractivity contribution in [1.82, 2.24) is 24.4 Å². The van der Waals surface area contributed by atoms with Gasteiger partial charge < -0.3 is 14.4 Å². The summed E-state index contributed by atoms with van der Waals surface area (Å²) in [7, 11) is -3.29. The maximum absolute atomic E-state index is 12.9. The van der Waals surface area contributed by atoms with Gasteiger partial charge in [-0.3, -0.25) is 14.0 Å². The zero-order valence-electron chi connectivity index (χ0n) is 16.6. The number of fused-ring (bicyclic) bond motifs is 1. The van der Waals surface area contributed by atoms with Crippen molar-refractivity contribution < 1.29 is 18.4 Å². The van der Waals surface area contributed by atoms with Gasteiger partial charge in [-0.25, -0.2) is 0 Å². The van der Waals surface area contributed by atoms with E-state index in [1.54, 1.807) is 44.7 Å². The summed E-state index contributed by atoms with van der Waals surface area (Å²) in [6, 6.07) is 9.82. The number of carbonyl (C=O) groups excluding carboxylic acids is 2. The Balaban J connectivity index is 1.61. The van der Waals surface area contributed by atoms with Crippen LogP contribution in [0, 0.1) is 0 Å². The third-order valence-electron chi connectivity index (χ3n) is 5.20. The van der Waals surface area contributed by atoms with Gasteiger partial charge in [0, 0.05) is 44.9 Å². The van der Waals surface area contributed by atoms with E-state index in [4.69, 9.17) is 0 Å². The molecule has 1 aliphatic heterocycles. The molecule has 0 bridgehead atoms. The first-order valence-corrected chi connectivity index (χ1v) is 11.3. The number of rotatable bonds is 3. The first-order valence-electron chi connectivity index (χ1n) is 9.44. The number of sulfone groups is 1. The molecule has 4 rings (SSSR count). The molecule has 0 saturated carbocycles. The van der Waals surface area contributed by atoms with Crippen molar-refractivity contribution in [2.24, 2.45) is 0 Å². The molecule has 0 aliphatic carbocycles. The molecule has 3 aromatic rings. The molecule has 0 spiro atoms. The second-order valence-corrected chi connectivity index (χ2v) is 9.28. The minimum Gasteiger partial charge on any atom is -0.610 e. The summed E-state index contributed by atoms with van der Waals surface area (Å²) in [5, 5.41) is 8.33. The van der Waals surface area contributed by atoms with Gasteiger partial charge in [-0.1, -0.05) is 0 Å². The van der Waals surface area contributed by atoms with Gasteiger partial charge in [0.15, 0.2) is 16.4 Å². The van der Waals surface area contributed by atoms with Crippen LogP contribution in [0.25, 0.3) is 17.0 Å². The van der Waals surface area contributed by atoms with Gasteiger partial charge in [-0.05, 0) is 36.4 Å². The summed E-state index contributed by atoms with van der Waals surface area (Å²) in [5.41, 5.74) is 1.76. The first kappa shape index (κ1) is 20.2. The zero-order valence-corrected chi connectivity index (χ0v) is 17.5. The van der Waals surface area contributed by atoms with Crippen LogP contribution in [0.5, 0.6) is 0 Å². The topological polar surface area (TPSA) is 111 Å². The summed E-state index contributed by atoms with van der Waals surface area (Å²) in [6.45, 7) is 3.54. The molecule has 1 aliphatic rings. The molecule has 1 saturated heterocycles. The van der Waals surface area contributed by atoms with E-state index < -0.39 is 10.2 Å². The number of nitrogens with zero attached hydrogens (tertiary/aromatic N) is 5. The quantitative estimate of drug-likeness (QED) is 0.583. The summed E-state index contributed by atoms with van der Waals surface area (Å²) < 4.78 is 25.1. The molecule has 0 N–H and O–H groups in total. The molecule has 3 heterocycles. The van der Waals surface area contributed by atoms with E-state index in [1.165, 1.54) is 19.1 Å². The average Bonchev–Trinajstić information content (AvgIpc) is 3.16. The van der Waals surface area contributed by atoms with Crippen molar-refractivity contribution in [2.75, 3.05) is 32.4 Å². The van der Waals surface area contributed by atoms with E-state index in [2.05, 4.69) is 10.2 Å². The fraction of sp³-hybridized carbons (Fsp3) is 0.300. The predicted octanol–water partition coefficient (Wildman–Crippen LogP) is 1.32. The molecule has 9 nitrogen and oxygen atoms in total. The predicted molar refractivity (Wildman–Crippen MR) is 110 cm³/mol. The zero-order chi connectivity index (χ0) is 21.5. The molecular formula is C20H21N5O4S. The van der Waals surface area contributed by atoms with Crippen LogP contribution in [-0.4, -0.2) is 73.2 Å². The molecule has 1 atom stereocenters. The van der Waals surface area contributed by atoms with Gasteiger partial charge in [0.2, 0.25) is 5.91 Å². The van der Waals surface area contributed by atoms with Gasteiger partial charge in [0.25, 0.3) is 5.91 Å². The Morgan fingerprint density at radius 3 is 2.20 bits per heavy atom. The lowest BCUT2D eigenvalue weighted by Crippen LogP contribution is -2.50. The number of amides is 2. The van der Waals surface area contributed by atoms with Crippen LogP contribution in [0.3, 0.4) is 0 Å². The Morgan fingerprint density at radius 2 is 1.60 bits per heavy atom. The van der Waals surface area contributed by atoms with Crippen LogP contribution in [-0.2, 0) is 19.2 Å². The molecule has 1 aromatic carbocycles. The number of carbonyl (C=O) groups is 2. The Kier molecular flexibility index (Phi) is 5.12. The highest BCUT2D eigenvalue weighted by Gasteiger charge is 2.24. The van der Waals surface area contributed by atoms with E-state index in [1.807, 2.05) is 0 Å². The molecule has 30 heavy (non-hydrogen) atoms. The number of aromatic nitrogens is 3. The largest absolute Gasteiger partial charge is 0.610 e. The van der Waals surface area contributed by atoms with Gasteiger partial charge in [-0.15, -0.1) is 14.4 Å². The van der Waals surface area contributed by atoms with Crippen LogP contribution in [0.15, 0.2) is 47.5 Å². The Labute approximate surface area is 174 Å². The van der Waals surface area contributed by atoms with Gasteiger partial charge in [-0.2, -0.15) is 0 Å². The van der Waals surface area contributed by atoms with E-state index >= 15 is 0 Å². The Morgan fingerprint density at radius 1 is 0.967 bits per heavy atom. The van der Waals surface area contributed by atoms with E-state index in [0.29, 0.717) is 48.8 Å². The standard InChI is InChI=1S/C20H21N5O4S/c1-14(26)23-9-11-24(12-10-23)20(27)16-5-8-18-21-22-19(25(18)13-16)15-3-6-17(7-4-15)30(2,28)29/h3-8,13H,9-12H2,1-2H3. The minimum atomic E-state index is -3.29. The second kappa shape index (κ2) is 7.62. The summed E-state index contributed by atoms with van der Waals surface area (Å²) >= 11 is 0. The monoisotopic (exact) mass is 427 g/mol. The van der Waals surface area contributed by atoms with Crippen LogP contribution in [0.4, 0.5) is 0 Å². The number of piperazine rings is 1. The lowest BCUT2D eigenvalue weighted by Gasteiger charge is -2.34. The van der Waals surface area contributed by atoms with Crippen molar-refractivity contribution >= 4 is 27.7 Å². The maximum Gasteiger partial charge on any atom is 0.255 e. The number of hydrogen-bond donors (Lipinski definition) is 0. The van der Waals surface area contributed by atoms with Crippen molar-refractivity contribution in [1.29, 1.82) is 0 Å². The van der Waals surface area contributed by atoms with E-state index in [-0.39, 0.29) is 16.7 Å². The van der Waals surface area contributed by atoms with E-state index in [0.717, 1.165) is 6.26 Å². The SMILES string of the molecule is CC(=O)N1CCN(C(=O)c2ccc3nnc(-c4ccc([S+](C)(=O)[O-])cc4)n3c2)CC1. The lowest BCUT2D eigenvalue weighted by atomic mass is 10.2. The smallest absolute Gasteiger partial charge is 0.255 e. The average molecular weight is 427 g/mol. The Hall–Kier alpha value is -3.11. The normalized spacial score (nSPS) is 16.5. The molecule has 0 radical (unpaired) electrons. The fourth-order valence-electron chi connectivity index (χ4n) is 3.47. The van der Waals surface area contributed by atoms with Crippen LogP contribution in [0.1, 0.15) is 17.3 Å². The second-order valence-electron chi connectivity index (χ2n) is 7.26. The third kappa shape index (κ3) is 3.83. The molecule has 156 valence electrons.